The fourth-order valence-corrected chi connectivity index (χ4v) is 9.00. The van der Waals surface area contributed by atoms with Gasteiger partial charge in [-0.05, 0) is 141 Å². The van der Waals surface area contributed by atoms with E-state index in [0.717, 1.165) is 161 Å². The first-order valence-electron chi connectivity index (χ1n) is 33.8. The van der Waals surface area contributed by atoms with E-state index in [1.165, 1.54) is 96.3 Å². The second-order valence-corrected chi connectivity index (χ2v) is 22.0. The van der Waals surface area contributed by atoms with E-state index in [1.54, 1.807) is 0 Å². The molecule has 0 N–H and O–H groups in total. The molecule has 0 fully saturated rings. The lowest BCUT2D eigenvalue weighted by atomic mass is 10.1. The van der Waals surface area contributed by atoms with Crippen molar-refractivity contribution in [2.24, 2.45) is 0 Å². The smallest absolute Gasteiger partial charge is 0.306 e. The van der Waals surface area contributed by atoms with Crippen LogP contribution < -0.4 is 0 Å². The Bertz CT molecular complexity index is 1780. The van der Waals surface area contributed by atoms with Gasteiger partial charge in [-0.3, -0.25) is 14.4 Å². The summed E-state index contributed by atoms with van der Waals surface area (Å²) < 4.78 is 16.9. The molecular weight excluding hydrogens is 1010 g/mol. The van der Waals surface area contributed by atoms with Gasteiger partial charge >= 0.3 is 17.9 Å². The SMILES string of the molecule is CC/C=C\C/C=C\C/C=C\C/C=C\C/C=C\C/C=C\C/C=C\C/C=C\C/C=C\CCCCCCCC(=O)OCC(COC(=O)CCCCCCC/C=C\CCC)OC(=O)CCCCCCCCCCC/C=C\C/C=C\CCCCCCC. The second-order valence-electron chi connectivity index (χ2n) is 22.0. The van der Waals surface area contributed by atoms with E-state index in [4.69, 9.17) is 14.2 Å². The van der Waals surface area contributed by atoms with Crippen LogP contribution in [-0.2, 0) is 28.6 Å². The highest BCUT2D eigenvalue weighted by Gasteiger charge is 2.19. The lowest BCUT2D eigenvalue weighted by molar-refractivity contribution is -0.167. The molecule has 0 bridgehead atoms. The Hall–Kier alpha value is -4.71. The minimum absolute atomic E-state index is 0.0940. The fourth-order valence-electron chi connectivity index (χ4n) is 9.00. The van der Waals surface area contributed by atoms with Crippen molar-refractivity contribution in [1.82, 2.24) is 0 Å². The van der Waals surface area contributed by atoms with Crippen molar-refractivity contribution in [3.63, 3.8) is 0 Å². The zero-order chi connectivity index (χ0) is 59.2. The maximum absolute atomic E-state index is 12.9. The lowest BCUT2D eigenvalue weighted by Gasteiger charge is -2.18. The minimum Gasteiger partial charge on any atom is -0.462 e. The lowest BCUT2D eigenvalue weighted by Crippen LogP contribution is -2.30. The molecule has 464 valence electrons. The topological polar surface area (TPSA) is 78.9 Å². The molecule has 0 aliphatic heterocycles. The summed E-state index contributed by atoms with van der Waals surface area (Å²) in [6.45, 7) is 6.43. The number of hydrogen-bond acceptors (Lipinski definition) is 6. The van der Waals surface area contributed by atoms with Crippen LogP contribution in [0.25, 0.3) is 0 Å². The Kier molecular flexibility index (Phi) is 64.8. The normalized spacial score (nSPS) is 13.1. The second kappa shape index (κ2) is 68.8. The Balaban J connectivity index is 4.30. The first-order chi connectivity index (χ1) is 40.5. The first-order valence-corrected chi connectivity index (χ1v) is 33.8. The summed E-state index contributed by atoms with van der Waals surface area (Å²) in [4.78, 5) is 38.3. The van der Waals surface area contributed by atoms with Crippen molar-refractivity contribution >= 4 is 17.9 Å². The number of carbonyl (C=O) groups is 3. The van der Waals surface area contributed by atoms with Crippen molar-refractivity contribution in [1.29, 1.82) is 0 Å². The van der Waals surface area contributed by atoms with Gasteiger partial charge in [0, 0.05) is 19.3 Å². The predicted octanol–water partition coefficient (Wildman–Crippen LogP) is 23.5. The van der Waals surface area contributed by atoms with E-state index in [-0.39, 0.29) is 31.1 Å². The molecule has 0 radical (unpaired) electrons. The molecule has 82 heavy (non-hydrogen) atoms. The van der Waals surface area contributed by atoms with Gasteiger partial charge in [0.15, 0.2) is 6.10 Å². The molecular formula is C76H124O6. The molecule has 1 atom stereocenters. The molecule has 6 heteroatoms. The molecule has 1 unspecified atom stereocenters. The molecule has 0 rings (SSSR count). The van der Waals surface area contributed by atoms with Crippen molar-refractivity contribution < 1.29 is 28.6 Å². The maximum atomic E-state index is 12.9. The van der Waals surface area contributed by atoms with Crippen molar-refractivity contribution in [2.75, 3.05) is 13.2 Å². The summed E-state index contributed by atoms with van der Waals surface area (Å²) in [6.07, 6.45) is 98.7. The third kappa shape index (κ3) is 66.1. The molecule has 0 aliphatic rings. The quantitative estimate of drug-likeness (QED) is 0.0261. The Labute approximate surface area is 506 Å². The Morgan fingerprint density at radius 3 is 0.805 bits per heavy atom. The summed E-state index contributed by atoms with van der Waals surface area (Å²) in [5, 5.41) is 0. The number of esters is 3. The van der Waals surface area contributed by atoms with E-state index in [0.29, 0.717) is 19.3 Å². The Morgan fingerprint density at radius 2 is 0.500 bits per heavy atom. The van der Waals surface area contributed by atoms with Gasteiger partial charge in [0.1, 0.15) is 13.2 Å². The van der Waals surface area contributed by atoms with Crippen LogP contribution in [0, 0.1) is 0 Å². The minimum atomic E-state index is -0.798. The molecule has 0 aromatic rings. The summed E-state index contributed by atoms with van der Waals surface area (Å²) in [5.41, 5.74) is 0. The Morgan fingerprint density at radius 1 is 0.256 bits per heavy atom. The van der Waals surface area contributed by atoms with Crippen LogP contribution >= 0.6 is 0 Å². The van der Waals surface area contributed by atoms with Crippen LogP contribution in [0.4, 0.5) is 0 Å². The number of allylic oxidation sites excluding steroid dienone is 24. The van der Waals surface area contributed by atoms with E-state index in [1.807, 2.05) is 0 Å². The van der Waals surface area contributed by atoms with Crippen molar-refractivity contribution in [3.05, 3.63) is 146 Å². The van der Waals surface area contributed by atoms with Crippen molar-refractivity contribution in [3.8, 4) is 0 Å². The average Bonchev–Trinajstić information content (AvgIpc) is 3.48. The zero-order valence-electron chi connectivity index (χ0n) is 53.2. The standard InChI is InChI=1S/C76H124O6/c1-4-7-10-13-16-19-22-24-26-28-30-32-33-34-35-36-37-38-39-40-41-42-43-45-46-48-50-52-54-57-60-63-66-69-75(78)81-72-73(71-80-74(77)68-65-62-59-56-21-18-15-12-9-6-3)82-76(79)70-67-64-61-58-55-53-51-49-47-44-31-29-27-25-23-20-17-14-11-8-5-2/h7,10,12,15-16,19,23-26,29-32,34-35,37-38,40-41,43,45,48,50,73H,4-6,8-9,11,13-14,17-18,20-22,27-28,33,36,39,42,44,46-47,49,51-72H2,1-3H3/b10-7-,15-12-,19-16-,25-23-,26-24-,31-29-,32-30-,35-34-,38-37-,41-40-,45-43-,50-48-. The van der Waals surface area contributed by atoms with Crippen LogP contribution in [0.5, 0.6) is 0 Å². The van der Waals surface area contributed by atoms with Gasteiger partial charge in [0.2, 0.25) is 0 Å². The summed E-state index contributed by atoms with van der Waals surface area (Å²) in [7, 11) is 0. The monoisotopic (exact) mass is 1130 g/mol. The van der Waals surface area contributed by atoms with E-state index >= 15 is 0 Å². The maximum Gasteiger partial charge on any atom is 0.306 e. The highest BCUT2D eigenvalue weighted by molar-refractivity contribution is 5.71. The highest BCUT2D eigenvalue weighted by atomic mass is 16.6. The average molecular weight is 1130 g/mol. The number of carbonyl (C=O) groups excluding carboxylic acids is 3. The highest BCUT2D eigenvalue weighted by Crippen LogP contribution is 2.15. The molecule has 0 aromatic carbocycles. The van der Waals surface area contributed by atoms with Crippen LogP contribution in [0.1, 0.15) is 297 Å². The van der Waals surface area contributed by atoms with Gasteiger partial charge in [0.25, 0.3) is 0 Å². The molecule has 0 saturated carbocycles. The van der Waals surface area contributed by atoms with E-state index in [9.17, 15) is 14.4 Å². The number of unbranched alkanes of at least 4 members (excludes halogenated alkanes) is 25. The molecule has 0 aliphatic carbocycles. The largest absolute Gasteiger partial charge is 0.462 e. The van der Waals surface area contributed by atoms with E-state index < -0.39 is 6.10 Å². The van der Waals surface area contributed by atoms with E-state index in [2.05, 4.69) is 167 Å². The molecule has 0 aromatic heterocycles. The third-order valence-corrected chi connectivity index (χ3v) is 14.0. The van der Waals surface area contributed by atoms with Crippen molar-refractivity contribution in [2.45, 2.75) is 303 Å². The number of rotatable bonds is 60. The van der Waals surface area contributed by atoms with Gasteiger partial charge in [-0.1, -0.05) is 282 Å². The summed E-state index contributed by atoms with van der Waals surface area (Å²) in [5.74, 6) is -0.927. The molecule has 6 nitrogen and oxygen atoms in total. The predicted molar refractivity (Wildman–Crippen MR) is 357 cm³/mol. The van der Waals surface area contributed by atoms with Gasteiger partial charge in [-0.25, -0.2) is 0 Å². The number of hydrogen-bond donors (Lipinski definition) is 0. The van der Waals surface area contributed by atoms with Crippen LogP contribution in [0.2, 0.25) is 0 Å². The third-order valence-electron chi connectivity index (χ3n) is 14.0. The molecule has 0 spiro atoms. The van der Waals surface area contributed by atoms with Crippen LogP contribution in [0.3, 0.4) is 0 Å². The number of ether oxygens (including phenoxy) is 3. The van der Waals surface area contributed by atoms with Gasteiger partial charge in [-0.15, -0.1) is 0 Å². The molecule has 0 saturated heterocycles. The molecule has 0 heterocycles. The first kappa shape index (κ1) is 77.3. The van der Waals surface area contributed by atoms with Gasteiger partial charge in [-0.2, -0.15) is 0 Å². The summed E-state index contributed by atoms with van der Waals surface area (Å²) in [6, 6.07) is 0. The van der Waals surface area contributed by atoms with Crippen LogP contribution in [0.15, 0.2) is 146 Å². The summed E-state index contributed by atoms with van der Waals surface area (Å²) >= 11 is 0. The van der Waals surface area contributed by atoms with Crippen LogP contribution in [-0.4, -0.2) is 37.2 Å². The zero-order valence-corrected chi connectivity index (χ0v) is 53.2. The van der Waals surface area contributed by atoms with Gasteiger partial charge < -0.3 is 14.2 Å². The van der Waals surface area contributed by atoms with Gasteiger partial charge in [0.05, 0.1) is 0 Å². The molecule has 0 amide bonds. The fraction of sp³-hybridized carbons (Fsp3) is 0.645.